The highest BCUT2D eigenvalue weighted by Crippen LogP contribution is 2.24. The van der Waals surface area contributed by atoms with Crippen LogP contribution in [-0.4, -0.2) is 114 Å². The number of hydrogen-bond donors (Lipinski definition) is 0. The Bertz CT molecular complexity index is 1980. The molecule has 17 heteroatoms. The molecule has 2 aromatic carbocycles. The summed E-state index contributed by atoms with van der Waals surface area (Å²) in [5.41, 5.74) is 0.629. The zero-order chi connectivity index (χ0) is 47.5. The number of ketones is 3. The Labute approximate surface area is 366 Å². The van der Waals surface area contributed by atoms with E-state index in [1.54, 1.807) is 64.7 Å². The average Bonchev–Trinajstić information content (AvgIpc) is 3.48. The summed E-state index contributed by atoms with van der Waals surface area (Å²) in [5.74, 6) is -6.45. The van der Waals surface area contributed by atoms with Gasteiger partial charge < -0.3 is 33.5 Å². The summed E-state index contributed by atoms with van der Waals surface area (Å²) in [5, 5.41) is 0. The second-order valence-corrected chi connectivity index (χ2v) is 16.0. The van der Waals surface area contributed by atoms with Crippen LogP contribution in [0.15, 0.2) is 59.7 Å². The van der Waals surface area contributed by atoms with E-state index in [1.807, 2.05) is 20.8 Å². The van der Waals surface area contributed by atoms with Gasteiger partial charge in [-0.3, -0.25) is 14.4 Å². The fraction of sp³-hybridized carbons (Fsp3) is 0.478. The van der Waals surface area contributed by atoms with Crippen LogP contribution in [0.3, 0.4) is 0 Å². The van der Waals surface area contributed by atoms with Crippen LogP contribution in [0.1, 0.15) is 92.7 Å². The third kappa shape index (κ3) is 19.1. The van der Waals surface area contributed by atoms with Crippen molar-refractivity contribution in [2.45, 2.75) is 92.8 Å². The maximum atomic E-state index is 13.2. The van der Waals surface area contributed by atoms with Crippen LogP contribution < -0.4 is 0 Å². The number of esters is 3. The molecule has 0 aromatic heterocycles. The number of amides is 2. The van der Waals surface area contributed by atoms with Gasteiger partial charge in [0.05, 0.1) is 38.8 Å². The standard InChI is InChI=1S/C22H26FNO6.C18H22FNO3.C6H10O4/c1-5-29-20(27)19(26)17-10-11-24(21(28)30-22(2,3)4)13-15(18(17)25)12-14-6-8-16(23)9-7-14;1-18(2,3)23-17(22)20-10-4-5-16(21)14(12-20)11-13-6-8-15(19)9-7-13;1-3-9-5(7)6(8)10-4-2/h6-9,12,17H,5,10-11,13H2,1-4H3;6-9,11H,4-5,10,12H2,1-3H3;3-4H2,1-2H3/b15-12+;14-11+;. The van der Waals surface area contributed by atoms with Crippen LogP contribution in [-0.2, 0) is 52.5 Å². The molecule has 344 valence electrons. The van der Waals surface area contributed by atoms with Crippen LogP contribution in [0.4, 0.5) is 18.4 Å². The quantitative estimate of drug-likeness (QED) is 0.0902. The lowest BCUT2D eigenvalue weighted by molar-refractivity contribution is -0.167. The summed E-state index contributed by atoms with van der Waals surface area (Å²) in [6.07, 6.45) is 3.11. The number of ether oxygens (including phenoxy) is 5. The minimum absolute atomic E-state index is 0.00773. The fourth-order valence-corrected chi connectivity index (χ4v) is 5.67. The SMILES string of the molecule is CC(C)(C)OC(=O)N1CCCC(=O)/C(=C/c2ccc(F)cc2)C1.CCOC(=O)C(=O)C1CCN(C(=O)OC(C)(C)C)C/C(=C\c2ccc(F)cc2)C1=O.CCOC(=O)C(=O)OCC. The van der Waals surface area contributed by atoms with E-state index in [9.17, 15) is 47.1 Å². The van der Waals surface area contributed by atoms with E-state index in [2.05, 4.69) is 9.47 Å². The predicted octanol–water partition coefficient (Wildman–Crippen LogP) is 7.09. The Hall–Kier alpha value is -6.26. The van der Waals surface area contributed by atoms with Crippen LogP contribution in [0.5, 0.6) is 0 Å². The number of nitrogens with zero attached hydrogens (tertiary/aromatic N) is 2. The number of carbonyl (C=O) groups excluding carboxylic acids is 8. The molecular formula is C46H58F2N2O13. The van der Waals surface area contributed by atoms with Gasteiger partial charge in [-0.25, -0.2) is 32.8 Å². The lowest BCUT2D eigenvalue weighted by atomic mass is 9.91. The second kappa shape index (κ2) is 25.0. The Kier molecular flexibility index (Phi) is 21.0. The van der Waals surface area contributed by atoms with Gasteiger partial charge in [-0.15, -0.1) is 0 Å². The van der Waals surface area contributed by atoms with Gasteiger partial charge in [0, 0.05) is 30.7 Å². The predicted molar refractivity (Wildman–Crippen MR) is 227 cm³/mol. The van der Waals surface area contributed by atoms with Gasteiger partial charge in [0.25, 0.3) is 5.78 Å². The van der Waals surface area contributed by atoms with Gasteiger partial charge in [-0.1, -0.05) is 24.3 Å². The van der Waals surface area contributed by atoms with Gasteiger partial charge in [0.1, 0.15) is 22.8 Å². The molecule has 2 aliphatic rings. The first-order valence-electron chi connectivity index (χ1n) is 20.5. The third-order valence-corrected chi connectivity index (χ3v) is 8.47. The van der Waals surface area contributed by atoms with E-state index >= 15 is 0 Å². The van der Waals surface area contributed by atoms with E-state index < -0.39 is 64.6 Å². The average molecular weight is 885 g/mol. The van der Waals surface area contributed by atoms with Crippen LogP contribution in [0, 0.1) is 17.6 Å². The van der Waals surface area contributed by atoms with Crippen molar-refractivity contribution in [3.63, 3.8) is 0 Å². The normalized spacial score (nSPS) is 16.8. The molecule has 63 heavy (non-hydrogen) atoms. The molecule has 2 amide bonds. The fourth-order valence-electron chi connectivity index (χ4n) is 5.67. The largest absolute Gasteiger partial charge is 0.460 e. The van der Waals surface area contributed by atoms with Crippen LogP contribution >= 0.6 is 0 Å². The van der Waals surface area contributed by atoms with Crippen molar-refractivity contribution >= 4 is 59.6 Å². The molecular weight excluding hydrogens is 827 g/mol. The summed E-state index contributed by atoms with van der Waals surface area (Å²) >= 11 is 0. The Morgan fingerprint density at radius 2 is 1.02 bits per heavy atom. The second-order valence-electron chi connectivity index (χ2n) is 16.0. The molecule has 0 N–H and O–H groups in total. The molecule has 2 saturated heterocycles. The van der Waals surface area contributed by atoms with Gasteiger partial charge >= 0.3 is 30.1 Å². The van der Waals surface area contributed by atoms with E-state index in [4.69, 9.17) is 14.2 Å². The molecule has 0 aliphatic carbocycles. The first-order valence-corrected chi connectivity index (χ1v) is 20.5. The number of halogens is 2. The molecule has 2 aromatic rings. The number of rotatable bonds is 7. The molecule has 2 aliphatic heterocycles. The topological polar surface area (TPSA) is 189 Å². The maximum absolute atomic E-state index is 13.2. The Morgan fingerprint density at radius 1 is 0.619 bits per heavy atom. The first-order chi connectivity index (χ1) is 29.5. The Balaban J connectivity index is 0.000000365. The van der Waals surface area contributed by atoms with Crippen molar-refractivity contribution in [1.82, 2.24) is 9.80 Å². The number of likely N-dealkylation sites (tertiary alicyclic amines) is 2. The molecule has 0 spiro atoms. The summed E-state index contributed by atoms with van der Waals surface area (Å²) in [4.78, 5) is 98.2. The molecule has 4 rings (SSSR count). The maximum Gasteiger partial charge on any atom is 0.417 e. The molecule has 0 bridgehead atoms. The summed E-state index contributed by atoms with van der Waals surface area (Å²) < 4.78 is 50.4. The third-order valence-electron chi connectivity index (χ3n) is 8.47. The van der Waals surface area contributed by atoms with Crippen molar-refractivity contribution in [3.8, 4) is 0 Å². The number of benzene rings is 2. The molecule has 2 heterocycles. The molecule has 0 saturated carbocycles. The van der Waals surface area contributed by atoms with Crippen molar-refractivity contribution in [2.75, 3.05) is 46.0 Å². The van der Waals surface area contributed by atoms with E-state index in [-0.39, 0.29) is 63.0 Å². The van der Waals surface area contributed by atoms with Crippen molar-refractivity contribution in [1.29, 1.82) is 0 Å². The first kappa shape index (κ1) is 52.9. The van der Waals surface area contributed by atoms with Gasteiger partial charge in [0.2, 0.25) is 0 Å². The van der Waals surface area contributed by atoms with Gasteiger partial charge in [0.15, 0.2) is 11.6 Å². The van der Waals surface area contributed by atoms with Crippen molar-refractivity contribution in [2.24, 2.45) is 5.92 Å². The van der Waals surface area contributed by atoms with E-state index in [0.717, 1.165) is 5.56 Å². The van der Waals surface area contributed by atoms with Crippen molar-refractivity contribution < 1.29 is 70.8 Å². The highest BCUT2D eigenvalue weighted by Gasteiger charge is 2.39. The number of carbonyl (C=O) groups is 8. The van der Waals surface area contributed by atoms with Gasteiger partial charge in [-0.2, -0.15) is 0 Å². The van der Waals surface area contributed by atoms with Crippen LogP contribution in [0.25, 0.3) is 12.2 Å². The monoisotopic (exact) mass is 884 g/mol. The Morgan fingerprint density at radius 3 is 1.44 bits per heavy atom. The van der Waals surface area contributed by atoms with Crippen LogP contribution in [0.2, 0.25) is 0 Å². The minimum Gasteiger partial charge on any atom is -0.460 e. The molecule has 1 unspecified atom stereocenters. The smallest absolute Gasteiger partial charge is 0.417 e. The molecule has 0 radical (unpaired) electrons. The highest BCUT2D eigenvalue weighted by molar-refractivity contribution is 6.39. The molecule has 2 fully saturated rings. The number of hydrogen-bond acceptors (Lipinski definition) is 13. The lowest BCUT2D eigenvalue weighted by Crippen LogP contribution is -2.38. The zero-order valence-corrected chi connectivity index (χ0v) is 37.4. The van der Waals surface area contributed by atoms with E-state index in [0.29, 0.717) is 30.5 Å². The summed E-state index contributed by atoms with van der Waals surface area (Å²) in [7, 11) is 0. The highest BCUT2D eigenvalue weighted by atomic mass is 19.1. The number of Topliss-reactive ketones (excluding diaryl/α,β-unsaturated/α-hetero) is 3. The summed E-state index contributed by atoms with van der Waals surface area (Å²) in [6, 6.07) is 11.3. The zero-order valence-electron chi connectivity index (χ0n) is 37.4. The summed E-state index contributed by atoms with van der Waals surface area (Å²) in [6.45, 7) is 16.4. The van der Waals surface area contributed by atoms with Crippen molar-refractivity contribution in [3.05, 3.63) is 82.4 Å². The lowest BCUT2D eigenvalue weighted by Gasteiger charge is -2.26. The van der Waals surface area contributed by atoms with Gasteiger partial charge in [-0.05, 0) is 123 Å². The van der Waals surface area contributed by atoms with E-state index in [1.165, 1.54) is 47.4 Å². The molecule has 15 nitrogen and oxygen atoms in total. The molecule has 1 atom stereocenters. The minimum atomic E-state index is -1.26.